The maximum Gasteiger partial charge on any atom is 0.0541 e. The van der Waals surface area contributed by atoms with Gasteiger partial charge in [-0.3, -0.25) is 0 Å². The number of fused-ring (bicyclic) bond motifs is 7. The average Bonchev–Trinajstić information content (AvgIpc) is 3.95. The lowest BCUT2D eigenvalue weighted by molar-refractivity contribution is 1.18. The smallest absolute Gasteiger partial charge is 0.0541 e. The second-order valence-corrected chi connectivity index (χ2v) is 18.4. The van der Waals surface area contributed by atoms with E-state index in [9.17, 15) is 0 Å². The summed E-state index contributed by atoms with van der Waals surface area (Å²) in [5.41, 5.74) is 16.3. The molecule has 0 saturated carbocycles. The van der Waals surface area contributed by atoms with Gasteiger partial charge in [-0.15, -0.1) is 11.3 Å². The lowest BCUT2D eigenvalue weighted by Crippen LogP contribution is -2.11. The molecular formula is C64H42N2S. The molecular weight excluding hydrogens is 829 g/mol. The zero-order valence-corrected chi connectivity index (χ0v) is 37.4. The van der Waals surface area contributed by atoms with Gasteiger partial charge < -0.3 is 9.47 Å². The standard InChI is InChI=1S/C64H42N2S/c1-2-15-46-41-49(29-28-43(46)14-1)48-17-13-16-47(40-48)44-30-35-51(36-31-44)65(59-23-8-4-19-54(59)50-34-39-64-58(42-50)57-22-7-12-27-63(57)67-64)52-37-32-45(33-38-52)53-18-3-9-24-60(53)66-61-25-10-5-20-55(61)56-21-6-11-26-62(56)66/h1-42H. The van der Waals surface area contributed by atoms with Crippen molar-refractivity contribution in [2.75, 3.05) is 4.90 Å². The topological polar surface area (TPSA) is 8.17 Å². The molecule has 2 nitrogen and oxygen atoms in total. The number of hydrogen-bond donors (Lipinski definition) is 0. The van der Waals surface area contributed by atoms with Gasteiger partial charge in [-0.25, -0.2) is 0 Å². The Labute approximate surface area is 393 Å². The fourth-order valence-electron chi connectivity index (χ4n) is 10.2. The number of nitrogens with zero attached hydrogens (tertiary/aromatic N) is 2. The molecule has 314 valence electrons. The number of hydrogen-bond acceptors (Lipinski definition) is 2. The van der Waals surface area contributed by atoms with E-state index in [1.807, 2.05) is 11.3 Å². The van der Waals surface area contributed by atoms with Gasteiger partial charge in [-0.2, -0.15) is 0 Å². The predicted molar refractivity (Wildman–Crippen MR) is 288 cm³/mol. The van der Waals surface area contributed by atoms with E-state index < -0.39 is 0 Å². The van der Waals surface area contributed by atoms with Crippen molar-refractivity contribution in [2.45, 2.75) is 0 Å². The fraction of sp³-hybridized carbons (Fsp3) is 0. The fourth-order valence-corrected chi connectivity index (χ4v) is 11.3. The Bertz CT molecular complexity index is 3930. The SMILES string of the molecule is c1cc(-c2ccc(N(c3ccc(-c4ccccc4-n4c5ccccc5c5ccccc54)cc3)c3ccccc3-c3ccc4sc5ccccc5c4c3)cc2)cc(-c2ccc3ccccc3c2)c1. The first kappa shape index (κ1) is 38.9. The summed E-state index contributed by atoms with van der Waals surface area (Å²) in [7, 11) is 0. The molecule has 3 heteroatoms. The van der Waals surface area contributed by atoms with E-state index in [-0.39, 0.29) is 0 Å². The third-order valence-electron chi connectivity index (χ3n) is 13.4. The molecule has 0 unspecified atom stereocenters. The molecule has 11 aromatic carbocycles. The molecule has 67 heavy (non-hydrogen) atoms. The summed E-state index contributed by atoms with van der Waals surface area (Å²) >= 11 is 1.86. The van der Waals surface area contributed by atoms with E-state index >= 15 is 0 Å². The summed E-state index contributed by atoms with van der Waals surface area (Å²) in [4.78, 5) is 2.42. The maximum absolute atomic E-state index is 2.42. The minimum atomic E-state index is 1.08. The van der Waals surface area contributed by atoms with Crippen LogP contribution in [0, 0.1) is 0 Å². The van der Waals surface area contributed by atoms with Crippen LogP contribution in [-0.2, 0) is 0 Å². The highest BCUT2D eigenvalue weighted by Gasteiger charge is 2.20. The monoisotopic (exact) mass is 870 g/mol. The van der Waals surface area contributed by atoms with E-state index in [2.05, 4.69) is 264 Å². The molecule has 0 spiro atoms. The zero-order valence-electron chi connectivity index (χ0n) is 36.6. The van der Waals surface area contributed by atoms with Gasteiger partial charge in [0.1, 0.15) is 0 Å². The summed E-state index contributed by atoms with van der Waals surface area (Å²) < 4.78 is 5.03. The minimum absolute atomic E-state index is 1.08. The van der Waals surface area contributed by atoms with Crippen LogP contribution in [0.1, 0.15) is 0 Å². The van der Waals surface area contributed by atoms with Gasteiger partial charge in [0.2, 0.25) is 0 Å². The Balaban J connectivity index is 0.925. The van der Waals surface area contributed by atoms with E-state index in [1.54, 1.807) is 0 Å². The summed E-state index contributed by atoms with van der Waals surface area (Å²) in [6, 6.07) is 93.2. The first-order valence-corrected chi connectivity index (χ1v) is 23.7. The molecule has 0 N–H and O–H groups in total. The third kappa shape index (κ3) is 6.79. The summed E-state index contributed by atoms with van der Waals surface area (Å²) in [6.07, 6.45) is 0. The second-order valence-electron chi connectivity index (χ2n) is 17.3. The van der Waals surface area contributed by atoms with Crippen LogP contribution in [-0.4, -0.2) is 4.57 Å². The van der Waals surface area contributed by atoms with E-state index in [4.69, 9.17) is 0 Å². The Morgan fingerprint density at radius 2 is 0.836 bits per heavy atom. The van der Waals surface area contributed by atoms with Gasteiger partial charge in [-0.05, 0) is 123 Å². The van der Waals surface area contributed by atoms with Crippen molar-refractivity contribution in [1.29, 1.82) is 0 Å². The molecule has 0 radical (unpaired) electrons. The molecule has 0 aliphatic carbocycles. The number of rotatable bonds is 8. The van der Waals surface area contributed by atoms with Gasteiger partial charge in [0.25, 0.3) is 0 Å². The maximum atomic E-state index is 2.42. The molecule has 0 aliphatic rings. The molecule has 13 aromatic rings. The first-order chi connectivity index (χ1) is 33.2. The molecule has 0 fully saturated rings. The van der Waals surface area contributed by atoms with Crippen molar-refractivity contribution in [2.24, 2.45) is 0 Å². The molecule has 2 heterocycles. The van der Waals surface area contributed by atoms with Crippen molar-refractivity contribution in [1.82, 2.24) is 4.57 Å². The van der Waals surface area contributed by atoms with E-state index in [0.717, 1.165) is 28.3 Å². The molecule has 0 saturated heterocycles. The van der Waals surface area contributed by atoms with Gasteiger partial charge >= 0.3 is 0 Å². The largest absolute Gasteiger partial charge is 0.310 e. The van der Waals surface area contributed by atoms with Crippen LogP contribution in [0.2, 0.25) is 0 Å². The van der Waals surface area contributed by atoms with Gasteiger partial charge in [0.05, 0.1) is 22.4 Å². The lowest BCUT2D eigenvalue weighted by Gasteiger charge is -2.28. The van der Waals surface area contributed by atoms with Crippen molar-refractivity contribution in [3.05, 3.63) is 255 Å². The van der Waals surface area contributed by atoms with Crippen molar-refractivity contribution < 1.29 is 0 Å². The molecule has 0 amide bonds. The van der Waals surface area contributed by atoms with Gasteiger partial charge in [0, 0.05) is 53.4 Å². The number of aromatic nitrogens is 1. The Kier molecular flexibility index (Phi) is 9.40. The van der Waals surface area contributed by atoms with Gasteiger partial charge in [0.15, 0.2) is 0 Å². The Morgan fingerprint density at radius 1 is 0.299 bits per heavy atom. The number of thiophene rings is 1. The molecule has 13 rings (SSSR count). The average molecular weight is 871 g/mol. The van der Waals surface area contributed by atoms with Crippen LogP contribution in [0.4, 0.5) is 17.1 Å². The first-order valence-electron chi connectivity index (χ1n) is 22.9. The van der Waals surface area contributed by atoms with Crippen LogP contribution in [0.15, 0.2) is 255 Å². The Hall–Kier alpha value is -8.50. The number of para-hydroxylation sites is 4. The number of anilines is 3. The minimum Gasteiger partial charge on any atom is -0.310 e. The van der Waals surface area contributed by atoms with E-state index in [0.29, 0.717) is 0 Å². The molecule has 0 atom stereocenters. The normalized spacial score (nSPS) is 11.6. The Morgan fingerprint density at radius 3 is 1.60 bits per heavy atom. The molecule has 2 aromatic heterocycles. The van der Waals surface area contributed by atoms with Crippen molar-refractivity contribution in [3.63, 3.8) is 0 Å². The lowest BCUT2D eigenvalue weighted by atomic mass is 9.97. The summed E-state index contributed by atoms with van der Waals surface area (Å²) in [6.45, 7) is 0. The third-order valence-corrected chi connectivity index (χ3v) is 14.6. The van der Waals surface area contributed by atoms with Crippen LogP contribution in [0.5, 0.6) is 0 Å². The van der Waals surface area contributed by atoms with Crippen molar-refractivity contribution in [3.8, 4) is 50.2 Å². The number of benzene rings is 11. The summed E-state index contributed by atoms with van der Waals surface area (Å²) in [5.74, 6) is 0. The van der Waals surface area contributed by atoms with Crippen LogP contribution in [0.25, 0.3) is 103 Å². The quantitative estimate of drug-likeness (QED) is 0.148. The highest BCUT2D eigenvalue weighted by atomic mass is 32.1. The predicted octanol–water partition coefficient (Wildman–Crippen LogP) is 18.4. The summed E-state index contributed by atoms with van der Waals surface area (Å²) in [5, 5.41) is 7.61. The van der Waals surface area contributed by atoms with Crippen LogP contribution < -0.4 is 4.90 Å². The zero-order chi connectivity index (χ0) is 44.3. The van der Waals surface area contributed by atoms with Crippen molar-refractivity contribution >= 4 is 81.1 Å². The van der Waals surface area contributed by atoms with Gasteiger partial charge in [-0.1, -0.05) is 176 Å². The second kappa shape index (κ2) is 16.2. The molecule has 0 bridgehead atoms. The van der Waals surface area contributed by atoms with E-state index in [1.165, 1.54) is 91.7 Å². The highest BCUT2D eigenvalue weighted by Crippen LogP contribution is 2.45. The highest BCUT2D eigenvalue weighted by molar-refractivity contribution is 7.25. The molecule has 0 aliphatic heterocycles. The van der Waals surface area contributed by atoms with Crippen LogP contribution >= 0.6 is 11.3 Å². The van der Waals surface area contributed by atoms with Crippen LogP contribution in [0.3, 0.4) is 0 Å².